The summed E-state index contributed by atoms with van der Waals surface area (Å²) in [4.78, 5) is 20.0. The largest absolute Gasteiger partial charge is 0.338 e. The van der Waals surface area contributed by atoms with E-state index in [1.165, 1.54) is 23.3 Å². The van der Waals surface area contributed by atoms with Gasteiger partial charge in [0.05, 0.1) is 11.2 Å². The number of carbonyl (C=O) groups excluding carboxylic acids is 1. The summed E-state index contributed by atoms with van der Waals surface area (Å²) in [5, 5.41) is 4.49. The van der Waals surface area contributed by atoms with E-state index in [1.54, 1.807) is 6.20 Å². The van der Waals surface area contributed by atoms with Crippen molar-refractivity contribution in [3.63, 3.8) is 0 Å². The molecule has 1 amide bonds. The fraction of sp³-hybridized carbons (Fsp3) is 0.474. The fourth-order valence-electron chi connectivity index (χ4n) is 3.82. The normalized spacial score (nSPS) is 18.2. The molecule has 2 aromatic rings. The lowest BCUT2D eigenvalue weighted by Crippen LogP contribution is -2.43. The van der Waals surface area contributed by atoms with E-state index in [0.717, 1.165) is 55.3 Å². The zero-order valence-electron chi connectivity index (χ0n) is 14.6. The SMILES string of the molecule is Cl.Cl.O=C(c1cnc(Cc2ccccc2)s1)N1CCC2(CCNC2)CC1. The first-order chi connectivity index (χ1) is 11.7. The number of aromatic nitrogens is 1. The molecule has 7 heteroatoms. The molecule has 0 atom stereocenters. The van der Waals surface area contributed by atoms with Gasteiger partial charge in [-0.1, -0.05) is 30.3 Å². The van der Waals surface area contributed by atoms with E-state index in [4.69, 9.17) is 0 Å². The molecular weight excluding hydrogens is 389 g/mol. The molecule has 0 aliphatic carbocycles. The number of nitrogens with one attached hydrogen (secondary N) is 1. The van der Waals surface area contributed by atoms with Gasteiger partial charge in [0.25, 0.3) is 5.91 Å². The first-order valence-corrected chi connectivity index (χ1v) is 9.54. The zero-order chi connectivity index (χ0) is 16.4. The lowest BCUT2D eigenvalue weighted by atomic mass is 9.78. The molecule has 0 radical (unpaired) electrons. The van der Waals surface area contributed by atoms with E-state index in [9.17, 15) is 4.79 Å². The van der Waals surface area contributed by atoms with Gasteiger partial charge in [0.2, 0.25) is 0 Å². The van der Waals surface area contributed by atoms with Gasteiger partial charge in [0, 0.05) is 26.1 Å². The summed E-state index contributed by atoms with van der Waals surface area (Å²) in [5.41, 5.74) is 1.68. The van der Waals surface area contributed by atoms with Crippen molar-refractivity contribution in [1.82, 2.24) is 15.2 Å². The Bertz CT molecular complexity index is 707. The monoisotopic (exact) mass is 413 g/mol. The van der Waals surface area contributed by atoms with Crippen LogP contribution in [0.4, 0.5) is 0 Å². The topological polar surface area (TPSA) is 45.2 Å². The molecule has 1 aromatic carbocycles. The zero-order valence-corrected chi connectivity index (χ0v) is 17.1. The Hall–Kier alpha value is -1.14. The second-order valence-electron chi connectivity index (χ2n) is 7.00. The number of rotatable bonds is 3. The summed E-state index contributed by atoms with van der Waals surface area (Å²) in [5.74, 6) is 0.160. The quantitative estimate of drug-likeness (QED) is 0.831. The Morgan fingerprint density at radius 2 is 1.88 bits per heavy atom. The minimum Gasteiger partial charge on any atom is -0.338 e. The first-order valence-electron chi connectivity index (χ1n) is 8.73. The third kappa shape index (κ3) is 4.58. The predicted molar refractivity (Wildman–Crippen MR) is 111 cm³/mol. The summed E-state index contributed by atoms with van der Waals surface area (Å²) < 4.78 is 0. The third-order valence-corrected chi connectivity index (χ3v) is 6.39. The van der Waals surface area contributed by atoms with Crippen molar-refractivity contribution in [2.75, 3.05) is 26.2 Å². The number of halogens is 2. The highest BCUT2D eigenvalue weighted by Crippen LogP contribution is 2.37. The minimum absolute atomic E-state index is 0. The molecule has 4 rings (SSSR count). The van der Waals surface area contributed by atoms with Crippen LogP contribution < -0.4 is 5.32 Å². The number of amides is 1. The molecule has 1 N–H and O–H groups in total. The van der Waals surface area contributed by atoms with Crippen LogP contribution in [0.1, 0.15) is 39.5 Å². The Labute approximate surface area is 171 Å². The molecule has 2 fully saturated rings. The van der Waals surface area contributed by atoms with E-state index in [0.29, 0.717) is 5.41 Å². The lowest BCUT2D eigenvalue weighted by Gasteiger charge is -2.38. The number of hydrogen-bond acceptors (Lipinski definition) is 4. The fourth-order valence-corrected chi connectivity index (χ4v) is 4.74. The standard InChI is InChI=1S/C19H23N3OS.2ClH/c23-18(22-10-7-19(8-11-22)6-9-20-14-19)16-13-21-17(24-16)12-15-4-2-1-3-5-15;;/h1-5,13,20H,6-12,14H2;2*1H. The average Bonchev–Trinajstić information content (AvgIpc) is 3.26. The lowest BCUT2D eigenvalue weighted by molar-refractivity contribution is 0.0612. The second kappa shape index (κ2) is 9.18. The van der Waals surface area contributed by atoms with Crippen LogP contribution in [-0.4, -0.2) is 42.0 Å². The smallest absolute Gasteiger partial charge is 0.265 e. The van der Waals surface area contributed by atoms with Crippen molar-refractivity contribution >= 4 is 42.1 Å². The number of likely N-dealkylation sites (tertiary alicyclic amines) is 1. The van der Waals surface area contributed by atoms with Crippen LogP contribution in [0.15, 0.2) is 36.5 Å². The van der Waals surface area contributed by atoms with Crippen LogP contribution in [0.2, 0.25) is 0 Å². The Kier molecular flexibility index (Phi) is 7.47. The van der Waals surface area contributed by atoms with Crippen LogP contribution in [0.5, 0.6) is 0 Å². The molecule has 1 spiro atoms. The number of nitrogens with zero attached hydrogens (tertiary/aromatic N) is 2. The van der Waals surface area contributed by atoms with Crippen molar-refractivity contribution in [3.8, 4) is 0 Å². The van der Waals surface area contributed by atoms with Crippen molar-refractivity contribution in [1.29, 1.82) is 0 Å². The molecular formula is C19H25Cl2N3OS. The van der Waals surface area contributed by atoms with Gasteiger partial charge in [0.1, 0.15) is 4.88 Å². The molecule has 0 unspecified atom stereocenters. The molecule has 1 aromatic heterocycles. The maximum atomic E-state index is 12.7. The van der Waals surface area contributed by atoms with Gasteiger partial charge in [-0.15, -0.1) is 36.2 Å². The highest BCUT2D eigenvalue weighted by atomic mass is 35.5. The molecule has 3 heterocycles. The molecule has 2 aliphatic heterocycles. The maximum Gasteiger partial charge on any atom is 0.265 e. The molecule has 0 bridgehead atoms. The molecule has 4 nitrogen and oxygen atoms in total. The molecule has 26 heavy (non-hydrogen) atoms. The molecule has 142 valence electrons. The van der Waals surface area contributed by atoms with Gasteiger partial charge in [0.15, 0.2) is 0 Å². The van der Waals surface area contributed by atoms with Crippen LogP contribution >= 0.6 is 36.2 Å². The van der Waals surface area contributed by atoms with E-state index < -0.39 is 0 Å². The Morgan fingerprint density at radius 1 is 1.15 bits per heavy atom. The highest BCUT2D eigenvalue weighted by Gasteiger charge is 2.38. The minimum atomic E-state index is 0. The van der Waals surface area contributed by atoms with Crippen LogP contribution in [-0.2, 0) is 6.42 Å². The number of hydrogen-bond donors (Lipinski definition) is 1. The summed E-state index contributed by atoms with van der Waals surface area (Å²) in [7, 11) is 0. The van der Waals surface area contributed by atoms with Gasteiger partial charge in [-0.3, -0.25) is 4.79 Å². The van der Waals surface area contributed by atoms with Crippen molar-refractivity contribution in [2.45, 2.75) is 25.7 Å². The van der Waals surface area contributed by atoms with Gasteiger partial charge in [-0.05, 0) is 36.8 Å². The summed E-state index contributed by atoms with van der Waals surface area (Å²) in [6, 6.07) is 10.3. The van der Waals surface area contributed by atoms with Crippen molar-refractivity contribution < 1.29 is 4.79 Å². The van der Waals surface area contributed by atoms with Crippen LogP contribution in [0, 0.1) is 5.41 Å². The van der Waals surface area contributed by atoms with Crippen molar-refractivity contribution in [3.05, 3.63) is 52.0 Å². The van der Waals surface area contributed by atoms with Gasteiger partial charge in [-0.25, -0.2) is 4.98 Å². The highest BCUT2D eigenvalue weighted by molar-refractivity contribution is 7.13. The summed E-state index contributed by atoms with van der Waals surface area (Å²) >= 11 is 1.54. The molecule has 2 saturated heterocycles. The van der Waals surface area contributed by atoms with Gasteiger partial charge >= 0.3 is 0 Å². The third-order valence-electron chi connectivity index (χ3n) is 5.41. The summed E-state index contributed by atoms with van der Waals surface area (Å²) in [6.45, 7) is 4.02. The van der Waals surface area contributed by atoms with E-state index in [1.807, 2.05) is 23.1 Å². The summed E-state index contributed by atoms with van der Waals surface area (Å²) in [6.07, 6.45) is 6.07. The van der Waals surface area contributed by atoms with Crippen LogP contribution in [0.25, 0.3) is 0 Å². The van der Waals surface area contributed by atoms with Crippen LogP contribution in [0.3, 0.4) is 0 Å². The van der Waals surface area contributed by atoms with Crippen molar-refractivity contribution in [2.24, 2.45) is 5.41 Å². The van der Waals surface area contributed by atoms with E-state index in [2.05, 4.69) is 22.4 Å². The molecule has 2 aliphatic rings. The number of thiazole rings is 1. The molecule has 0 saturated carbocycles. The number of benzene rings is 1. The second-order valence-corrected chi connectivity index (χ2v) is 8.11. The first kappa shape index (κ1) is 21.2. The number of carbonyl (C=O) groups is 1. The number of piperidine rings is 1. The maximum absolute atomic E-state index is 12.7. The van der Waals surface area contributed by atoms with Gasteiger partial charge < -0.3 is 10.2 Å². The van der Waals surface area contributed by atoms with E-state index >= 15 is 0 Å². The average molecular weight is 414 g/mol. The Morgan fingerprint density at radius 3 is 2.54 bits per heavy atom. The van der Waals surface area contributed by atoms with Gasteiger partial charge in [-0.2, -0.15) is 0 Å². The van der Waals surface area contributed by atoms with E-state index in [-0.39, 0.29) is 30.7 Å². The predicted octanol–water partition coefficient (Wildman–Crippen LogP) is 3.79. The Balaban J connectivity index is 0.00000121.